The first-order valence-electron chi connectivity index (χ1n) is 4.70. The number of hydrogen-bond acceptors (Lipinski definition) is 2. The van der Waals surface area contributed by atoms with E-state index in [4.69, 9.17) is 5.26 Å². The number of nitrogens with zero attached hydrogens (tertiary/aromatic N) is 3. The molecule has 0 saturated heterocycles. The molecule has 15 heavy (non-hydrogen) atoms. The molecule has 0 saturated carbocycles. The molecule has 0 fully saturated rings. The zero-order valence-corrected chi connectivity index (χ0v) is 8.73. The number of aromatic nitrogens is 2. The first-order valence-corrected chi connectivity index (χ1v) is 4.70. The van der Waals surface area contributed by atoms with Crippen LogP contribution in [0.25, 0.3) is 11.1 Å². The Labute approximate surface area is 88.6 Å². The van der Waals surface area contributed by atoms with Gasteiger partial charge in [0.15, 0.2) is 0 Å². The Hall–Kier alpha value is -2.08. The van der Waals surface area contributed by atoms with E-state index in [0.717, 1.165) is 16.7 Å². The molecule has 0 amide bonds. The Morgan fingerprint density at radius 1 is 1.27 bits per heavy atom. The van der Waals surface area contributed by atoms with Gasteiger partial charge in [-0.2, -0.15) is 10.4 Å². The SMILES string of the molecule is Cc1cc(C#N)cc(-c2cnn(C)c2)c1. The van der Waals surface area contributed by atoms with Gasteiger partial charge < -0.3 is 0 Å². The second-order valence-corrected chi connectivity index (χ2v) is 3.60. The van der Waals surface area contributed by atoms with Crippen molar-refractivity contribution in [2.75, 3.05) is 0 Å². The second-order valence-electron chi connectivity index (χ2n) is 3.60. The number of aryl methyl sites for hydroxylation is 2. The first kappa shape index (κ1) is 9.47. The lowest BCUT2D eigenvalue weighted by molar-refractivity contribution is 0.768. The molecule has 3 nitrogen and oxygen atoms in total. The third-order valence-electron chi connectivity index (χ3n) is 2.24. The van der Waals surface area contributed by atoms with Crippen molar-refractivity contribution in [3.8, 4) is 17.2 Å². The number of hydrogen-bond donors (Lipinski definition) is 0. The highest BCUT2D eigenvalue weighted by Gasteiger charge is 2.02. The first-order chi connectivity index (χ1) is 7.19. The Morgan fingerprint density at radius 3 is 2.67 bits per heavy atom. The van der Waals surface area contributed by atoms with E-state index in [1.165, 1.54) is 0 Å². The van der Waals surface area contributed by atoms with E-state index in [1.54, 1.807) is 10.9 Å². The van der Waals surface area contributed by atoms with E-state index in [2.05, 4.69) is 17.2 Å². The number of benzene rings is 1. The summed E-state index contributed by atoms with van der Waals surface area (Å²) in [5, 5.41) is 13.0. The Balaban J connectivity index is 2.54. The van der Waals surface area contributed by atoms with E-state index in [1.807, 2.05) is 32.3 Å². The lowest BCUT2D eigenvalue weighted by Crippen LogP contribution is -1.84. The molecule has 2 aromatic rings. The second kappa shape index (κ2) is 3.58. The lowest BCUT2D eigenvalue weighted by atomic mass is 10.0. The van der Waals surface area contributed by atoms with Gasteiger partial charge in [0.05, 0.1) is 17.8 Å². The quantitative estimate of drug-likeness (QED) is 0.703. The van der Waals surface area contributed by atoms with Crippen LogP contribution in [0.5, 0.6) is 0 Å². The van der Waals surface area contributed by atoms with E-state index in [-0.39, 0.29) is 0 Å². The van der Waals surface area contributed by atoms with Gasteiger partial charge in [0.25, 0.3) is 0 Å². The predicted molar refractivity (Wildman–Crippen MR) is 58.1 cm³/mol. The van der Waals surface area contributed by atoms with Crippen LogP contribution >= 0.6 is 0 Å². The lowest BCUT2D eigenvalue weighted by Gasteiger charge is -2.00. The monoisotopic (exact) mass is 197 g/mol. The van der Waals surface area contributed by atoms with Crippen molar-refractivity contribution in [1.82, 2.24) is 9.78 Å². The standard InChI is InChI=1S/C12H11N3/c1-9-3-10(6-13)5-11(4-9)12-7-14-15(2)8-12/h3-5,7-8H,1-2H3. The van der Waals surface area contributed by atoms with E-state index < -0.39 is 0 Å². The Kier molecular flexibility index (Phi) is 2.26. The molecule has 3 heteroatoms. The van der Waals surface area contributed by atoms with Crippen molar-refractivity contribution in [1.29, 1.82) is 5.26 Å². The van der Waals surface area contributed by atoms with Crippen LogP contribution in [0.2, 0.25) is 0 Å². The molecule has 0 bridgehead atoms. The fourth-order valence-corrected chi connectivity index (χ4v) is 1.58. The third kappa shape index (κ3) is 1.89. The van der Waals surface area contributed by atoms with Crippen LogP contribution in [0, 0.1) is 18.3 Å². The molecule has 0 unspecified atom stereocenters. The van der Waals surface area contributed by atoms with Gasteiger partial charge in [0.1, 0.15) is 0 Å². The van der Waals surface area contributed by atoms with Crippen molar-refractivity contribution in [3.05, 3.63) is 41.7 Å². The molecule has 0 aliphatic heterocycles. The summed E-state index contributed by atoms with van der Waals surface area (Å²) in [6.07, 6.45) is 3.74. The van der Waals surface area contributed by atoms with E-state index in [0.29, 0.717) is 5.56 Å². The van der Waals surface area contributed by atoms with Gasteiger partial charge in [-0.1, -0.05) is 6.07 Å². The molecule has 1 aromatic heterocycles. The van der Waals surface area contributed by atoms with Gasteiger partial charge in [-0.05, 0) is 30.2 Å². The van der Waals surface area contributed by atoms with Crippen LogP contribution in [-0.4, -0.2) is 9.78 Å². The zero-order valence-electron chi connectivity index (χ0n) is 8.73. The maximum Gasteiger partial charge on any atom is 0.0991 e. The minimum Gasteiger partial charge on any atom is -0.275 e. The fourth-order valence-electron chi connectivity index (χ4n) is 1.58. The van der Waals surface area contributed by atoms with Gasteiger partial charge in [0, 0.05) is 18.8 Å². The molecule has 0 atom stereocenters. The normalized spacial score (nSPS) is 9.93. The molecule has 0 aliphatic carbocycles. The Morgan fingerprint density at radius 2 is 2.07 bits per heavy atom. The number of rotatable bonds is 1. The van der Waals surface area contributed by atoms with Crippen LogP contribution < -0.4 is 0 Å². The predicted octanol–water partition coefficient (Wildman–Crippen LogP) is 2.27. The van der Waals surface area contributed by atoms with Gasteiger partial charge >= 0.3 is 0 Å². The summed E-state index contributed by atoms with van der Waals surface area (Å²) in [6.45, 7) is 1.99. The summed E-state index contributed by atoms with van der Waals surface area (Å²) in [5.41, 5.74) is 3.86. The van der Waals surface area contributed by atoms with Crippen molar-refractivity contribution in [3.63, 3.8) is 0 Å². The summed E-state index contributed by atoms with van der Waals surface area (Å²) < 4.78 is 1.75. The maximum absolute atomic E-state index is 8.87. The van der Waals surface area contributed by atoms with Crippen LogP contribution in [0.1, 0.15) is 11.1 Å². The molecule has 0 radical (unpaired) electrons. The molecule has 0 spiro atoms. The molecular weight excluding hydrogens is 186 g/mol. The minimum absolute atomic E-state index is 0.689. The van der Waals surface area contributed by atoms with Crippen molar-refractivity contribution < 1.29 is 0 Å². The van der Waals surface area contributed by atoms with Crippen molar-refractivity contribution >= 4 is 0 Å². The Bertz CT molecular complexity index is 532. The molecule has 74 valence electrons. The van der Waals surface area contributed by atoms with Crippen molar-refractivity contribution in [2.45, 2.75) is 6.92 Å². The summed E-state index contributed by atoms with van der Waals surface area (Å²) >= 11 is 0. The van der Waals surface area contributed by atoms with Crippen LogP contribution in [0.4, 0.5) is 0 Å². The van der Waals surface area contributed by atoms with Gasteiger partial charge in [-0.3, -0.25) is 4.68 Å². The van der Waals surface area contributed by atoms with Crippen LogP contribution in [-0.2, 0) is 7.05 Å². The average Bonchev–Trinajstić information content (AvgIpc) is 2.64. The summed E-state index contributed by atoms with van der Waals surface area (Å²) in [5.74, 6) is 0. The summed E-state index contributed by atoms with van der Waals surface area (Å²) in [4.78, 5) is 0. The third-order valence-corrected chi connectivity index (χ3v) is 2.24. The largest absolute Gasteiger partial charge is 0.275 e. The molecule has 2 rings (SSSR count). The zero-order chi connectivity index (χ0) is 10.8. The fraction of sp³-hybridized carbons (Fsp3) is 0.167. The molecule has 0 aliphatic rings. The number of nitriles is 1. The maximum atomic E-state index is 8.87. The van der Waals surface area contributed by atoms with Gasteiger partial charge in [-0.25, -0.2) is 0 Å². The van der Waals surface area contributed by atoms with Crippen LogP contribution in [0.3, 0.4) is 0 Å². The molecule has 1 heterocycles. The minimum atomic E-state index is 0.689. The van der Waals surface area contributed by atoms with E-state index in [9.17, 15) is 0 Å². The smallest absolute Gasteiger partial charge is 0.0991 e. The average molecular weight is 197 g/mol. The summed E-state index contributed by atoms with van der Waals surface area (Å²) in [7, 11) is 1.88. The highest BCUT2D eigenvalue weighted by Crippen LogP contribution is 2.21. The van der Waals surface area contributed by atoms with Crippen LogP contribution in [0.15, 0.2) is 30.6 Å². The van der Waals surface area contributed by atoms with Crippen molar-refractivity contribution in [2.24, 2.45) is 7.05 Å². The topological polar surface area (TPSA) is 41.6 Å². The highest BCUT2D eigenvalue weighted by atomic mass is 15.2. The summed E-state index contributed by atoms with van der Waals surface area (Å²) in [6, 6.07) is 7.96. The van der Waals surface area contributed by atoms with Gasteiger partial charge in [0.2, 0.25) is 0 Å². The van der Waals surface area contributed by atoms with E-state index >= 15 is 0 Å². The van der Waals surface area contributed by atoms with Gasteiger partial charge in [-0.15, -0.1) is 0 Å². The molecule has 0 N–H and O–H groups in total. The highest BCUT2D eigenvalue weighted by molar-refractivity contribution is 5.64. The molecule has 1 aromatic carbocycles. The molecular formula is C12H11N3.